The van der Waals surface area contributed by atoms with Crippen molar-refractivity contribution in [1.29, 1.82) is 0 Å². The van der Waals surface area contributed by atoms with Gasteiger partial charge < -0.3 is 15.2 Å². The van der Waals surface area contributed by atoms with E-state index < -0.39 is 0 Å². The molecule has 20 heavy (non-hydrogen) atoms. The third-order valence-electron chi connectivity index (χ3n) is 3.96. The number of rotatable bonds is 9. The van der Waals surface area contributed by atoms with Crippen molar-refractivity contribution in [2.24, 2.45) is 17.1 Å². The fourth-order valence-electron chi connectivity index (χ4n) is 2.09. The standard InChI is InChI=1S/C16H33NO3/c1-15(2,3)13(9-11-17)7-8-14(18)20-12-10-16(4,5)19-6/h13H,7-12,17H2,1-6H3. The van der Waals surface area contributed by atoms with Crippen LogP contribution < -0.4 is 5.73 Å². The lowest BCUT2D eigenvalue weighted by atomic mass is 9.76. The van der Waals surface area contributed by atoms with Crippen LogP contribution in [0.3, 0.4) is 0 Å². The van der Waals surface area contributed by atoms with Crippen molar-refractivity contribution in [2.45, 2.75) is 65.9 Å². The Hall–Kier alpha value is -0.610. The first-order valence-electron chi connectivity index (χ1n) is 7.53. The predicted molar refractivity (Wildman–Crippen MR) is 82.5 cm³/mol. The minimum atomic E-state index is -0.242. The average Bonchev–Trinajstić information content (AvgIpc) is 2.32. The molecular weight excluding hydrogens is 254 g/mol. The SMILES string of the molecule is COC(C)(C)CCOC(=O)CCC(CCN)C(C)(C)C. The number of hydrogen-bond donors (Lipinski definition) is 1. The summed E-state index contributed by atoms with van der Waals surface area (Å²) in [6, 6.07) is 0. The van der Waals surface area contributed by atoms with E-state index in [4.69, 9.17) is 15.2 Å². The van der Waals surface area contributed by atoms with Crippen LogP contribution in [0.1, 0.15) is 60.3 Å². The molecule has 0 saturated carbocycles. The molecule has 0 aliphatic carbocycles. The molecule has 0 aliphatic rings. The Bertz CT molecular complexity index is 282. The summed E-state index contributed by atoms with van der Waals surface area (Å²) < 4.78 is 10.6. The molecule has 120 valence electrons. The van der Waals surface area contributed by atoms with Crippen molar-refractivity contribution in [3.8, 4) is 0 Å². The Morgan fingerprint density at radius 1 is 1.15 bits per heavy atom. The molecule has 1 unspecified atom stereocenters. The van der Waals surface area contributed by atoms with Crippen molar-refractivity contribution in [3.63, 3.8) is 0 Å². The van der Waals surface area contributed by atoms with Gasteiger partial charge in [0.05, 0.1) is 12.2 Å². The summed E-state index contributed by atoms with van der Waals surface area (Å²) in [6.45, 7) is 11.6. The second-order valence-electron chi connectivity index (χ2n) is 7.11. The first kappa shape index (κ1) is 19.4. The predicted octanol–water partition coefficient (Wildman–Crippen LogP) is 3.14. The molecule has 0 aromatic heterocycles. The minimum Gasteiger partial charge on any atom is -0.466 e. The van der Waals surface area contributed by atoms with Gasteiger partial charge in [-0.25, -0.2) is 0 Å². The molecule has 0 aromatic carbocycles. The molecule has 2 N–H and O–H groups in total. The monoisotopic (exact) mass is 287 g/mol. The zero-order chi connectivity index (χ0) is 15.8. The van der Waals surface area contributed by atoms with E-state index in [-0.39, 0.29) is 17.0 Å². The minimum absolute atomic E-state index is 0.122. The lowest BCUT2D eigenvalue weighted by molar-refractivity contribution is -0.145. The van der Waals surface area contributed by atoms with Gasteiger partial charge in [-0.15, -0.1) is 0 Å². The molecule has 0 fully saturated rings. The summed E-state index contributed by atoms with van der Waals surface area (Å²) in [7, 11) is 1.67. The van der Waals surface area contributed by atoms with E-state index in [1.54, 1.807) is 7.11 Å². The number of nitrogens with two attached hydrogens (primary N) is 1. The van der Waals surface area contributed by atoms with E-state index in [2.05, 4.69) is 20.8 Å². The number of carbonyl (C=O) groups is 1. The second kappa shape index (κ2) is 8.63. The highest BCUT2D eigenvalue weighted by Gasteiger charge is 2.24. The first-order valence-corrected chi connectivity index (χ1v) is 7.53. The molecule has 0 aliphatic heterocycles. The van der Waals surface area contributed by atoms with Crippen LogP contribution in [0.15, 0.2) is 0 Å². The topological polar surface area (TPSA) is 61.5 Å². The van der Waals surface area contributed by atoms with E-state index in [0.717, 1.165) is 12.8 Å². The molecule has 4 nitrogen and oxygen atoms in total. The van der Waals surface area contributed by atoms with Crippen molar-refractivity contribution >= 4 is 5.97 Å². The van der Waals surface area contributed by atoms with Gasteiger partial charge in [0.15, 0.2) is 0 Å². The maximum absolute atomic E-state index is 11.8. The van der Waals surface area contributed by atoms with Crippen LogP contribution in [-0.2, 0) is 14.3 Å². The Morgan fingerprint density at radius 2 is 1.75 bits per heavy atom. The number of methoxy groups -OCH3 is 1. The lowest BCUT2D eigenvalue weighted by Gasteiger charge is -2.30. The highest BCUT2D eigenvalue weighted by molar-refractivity contribution is 5.69. The summed E-state index contributed by atoms with van der Waals surface area (Å²) in [5.74, 6) is 0.332. The highest BCUT2D eigenvalue weighted by Crippen LogP contribution is 2.32. The van der Waals surface area contributed by atoms with E-state index in [1.165, 1.54) is 0 Å². The number of esters is 1. The van der Waals surface area contributed by atoms with Gasteiger partial charge in [-0.2, -0.15) is 0 Å². The molecule has 0 saturated heterocycles. The smallest absolute Gasteiger partial charge is 0.305 e. The van der Waals surface area contributed by atoms with Crippen LogP contribution in [0, 0.1) is 11.3 Å². The zero-order valence-electron chi connectivity index (χ0n) is 14.1. The van der Waals surface area contributed by atoms with Gasteiger partial charge in [0, 0.05) is 20.0 Å². The normalized spacial score (nSPS) is 14.2. The summed E-state index contributed by atoms with van der Waals surface area (Å²) in [4.78, 5) is 11.8. The maximum atomic E-state index is 11.8. The van der Waals surface area contributed by atoms with Crippen molar-refractivity contribution in [2.75, 3.05) is 20.3 Å². The molecule has 4 heteroatoms. The number of carbonyl (C=O) groups excluding carboxylic acids is 1. The van der Waals surface area contributed by atoms with Gasteiger partial charge in [0.1, 0.15) is 0 Å². The summed E-state index contributed by atoms with van der Waals surface area (Å²) in [5.41, 5.74) is 5.58. The van der Waals surface area contributed by atoms with E-state index in [0.29, 0.717) is 31.9 Å². The number of hydrogen-bond acceptors (Lipinski definition) is 4. The largest absolute Gasteiger partial charge is 0.466 e. The molecular formula is C16H33NO3. The third kappa shape index (κ3) is 8.54. The molecule has 0 radical (unpaired) electrons. The lowest BCUT2D eigenvalue weighted by Crippen LogP contribution is -2.26. The third-order valence-corrected chi connectivity index (χ3v) is 3.96. The van der Waals surface area contributed by atoms with Gasteiger partial charge in [0.25, 0.3) is 0 Å². The van der Waals surface area contributed by atoms with Gasteiger partial charge in [-0.05, 0) is 44.6 Å². The van der Waals surface area contributed by atoms with Crippen LogP contribution in [-0.4, -0.2) is 31.8 Å². The molecule has 0 amide bonds. The van der Waals surface area contributed by atoms with E-state index >= 15 is 0 Å². The van der Waals surface area contributed by atoms with Crippen LogP contribution >= 0.6 is 0 Å². The van der Waals surface area contributed by atoms with Crippen LogP contribution in [0.4, 0.5) is 0 Å². The molecule has 0 aromatic rings. The molecule has 0 heterocycles. The summed E-state index contributed by atoms with van der Waals surface area (Å²) >= 11 is 0. The van der Waals surface area contributed by atoms with Crippen LogP contribution in [0.2, 0.25) is 0 Å². The Kier molecular flexibility index (Phi) is 8.36. The highest BCUT2D eigenvalue weighted by atomic mass is 16.5. The number of ether oxygens (including phenoxy) is 2. The Morgan fingerprint density at radius 3 is 2.20 bits per heavy atom. The quantitative estimate of drug-likeness (QED) is 0.662. The van der Waals surface area contributed by atoms with Crippen molar-refractivity contribution < 1.29 is 14.3 Å². The molecule has 1 atom stereocenters. The van der Waals surface area contributed by atoms with Gasteiger partial charge in [-0.1, -0.05) is 20.8 Å². The fourth-order valence-corrected chi connectivity index (χ4v) is 2.09. The molecule has 0 bridgehead atoms. The van der Waals surface area contributed by atoms with Crippen molar-refractivity contribution in [3.05, 3.63) is 0 Å². The Balaban J connectivity index is 4.03. The fraction of sp³-hybridized carbons (Fsp3) is 0.938. The maximum Gasteiger partial charge on any atom is 0.305 e. The van der Waals surface area contributed by atoms with Gasteiger partial charge >= 0.3 is 5.97 Å². The van der Waals surface area contributed by atoms with Gasteiger partial charge in [0.2, 0.25) is 0 Å². The molecule has 0 rings (SSSR count). The second-order valence-corrected chi connectivity index (χ2v) is 7.11. The van der Waals surface area contributed by atoms with E-state index in [1.807, 2.05) is 13.8 Å². The molecule has 0 spiro atoms. The van der Waals surface area contributed by atoms with Crippen LogP contribution in [0.5, 0.6) is 0 Å². The summed E-state index contributed by atoms with van der Waals surface area (Å²) in [6.07, 6.45) is 2.97. The summed E-state index contributed by atoms with van der Waals surface area (Å²) in [5, 5.41) is 0. The first-order chi connectivity index (χ1) is 9.12. The zero-order valence-corrected chi connectivity index (χ0v) is 14.1. The van der Waals surface area contributed by atoms with Gasteiger partial charge in [-0.3, -0.25) is 4.79 Å². The van der Waals surface area contributed by atoms with Crippen LogP contribution in [0.25, 0.3) is 0 Å². The average molecular weight is 287 g/mol. The van der Waals surface area contributed by atoms with E-state index in [9.17, 15) is 4.79 Å². The Labute approximate surface area is 124 Å². The van der Waals surface area contributed by atoms with Crippen molar-refractivity contribution in [1.82, 2.24) is 0 Å².